The Labute approximate surface area is 437 Å². The third-order valence-corrected chi connectivity index (χ3v) is 19.9. The van der Waals surface area contributed by atoms with Crippen LogP contribution in [0.25, 0.3) is 97.7 Å². The molecule has 0 amide bonds. The van der Waals surface area contributed by atoms with Gasteiger partial charge in [-0.2, -0.15) is 0 Å². The van der Waals surface area contributed by atoms with Gasteiger partial charge in [-0.3, -0.25) is 0 Å². The summed E-state index contributed by atoms with van der Waals surface area (Å²) in [5.41, 5.74) is 18.9. The molecule has 356 valence electrons. The molecule has 3 heterocycles. The monoisotopic (exact) mass is 980 g/mol. The Hall–Kier alpha value is -8.38. The van der Waals surface area contributed by atoms with E-state index in [9.17, 15) is 0 Å². The lowest BCUT2D eigenvalue weighted by Gasteiger charge is -2.37. The molecule has 3 unspecified atom stereocenters. The van der Waals surface area contributed by atoms with Gasteiger partial charge in [-0.15, -0.1) is 11.3 Å². The van der Waals surface area contributed by atoms with Gasteiger partial charge >= 0.3 is 0 Å². The minimum atomic E-state index is 0.364. The first-order chi connectivity index (χ1) is 37.1. The normalized spacial score (nSPS) is 20.3. The SMILES string of the molecule is C1=C(N(c2cccc3ccccc23)c2cccc3c2oc2ccccc23)CCc2c1c1ccccc1c1c2sc2cc(N(c3cccc4c3C=C3C5CC56CCC3(C4)C6)c3cccc4c3oc3ccccc34)ccc21. The molecule has 10 aromatic carbocycles. The third-order valence-electron chi connectivity index (χ3n) is 18.7. The van der Waals surface area contributed by atoms with Gasteiger partial charge in [-0.05, 0) is 149 Å². The predicted octanol–water partition coefficient (Wildman–Crippen LogP) is 19.9. The summed E-state index contributed by atoms with van der Waals surface area (Å²) in [5, 5.41) is 12.2. The molecule has 13 aromatic rings. The van der Waals surface area contributed by atoms with E-state index in [1.165, 1.54) is 101 Å². The van der Waals surface area contributed by atoms with Crippen LogP contribution in [-0.2, 0) is 12.8 Å². The standard InChI is InChI=1S/C70H48N2O2S/c1-2-16-45-41(13-1)14-9-23-58(45)71(60-25-11-21-50-47-18-5-7-27-62(47)73-66(50)60)43-29-31-52-55(35-43)46-17-3-4-20-49(46)65-53-32-30-44(36-64(53)75-68(52)65)72(61-26-12-22-51-48-19-6-8-28-63(48)74-67(51)61)59-24-10-15-42-38-69-33-34-70(40-69)39-57(70)56(69)37-54(42)59/h1-28,30,32,35-37,57H,29,31,33-34,38-40H2. The summed E-state index contributed by atoms with van der Waals surface area (Å²) in [4.78, 5) is 5.03. The highest BCUT2D eigenvalue weighted by atomic mass is 32.1. The Morgan fingerprint density at radius 3 is 1.93 bits per heavy atom. The summed E-state index contributed by atoms with van der Waals surface area (Å²) < 4.78 is 16.4. The van der Waals surface area contributed by atoms with Gasteiger partial charge in [-0.25, -0.2) is 0 Å². The van der Waals surface area contributed by atoms with Gasteiger partial charge in [0.25, 0.3) is 0 Å². The lowest BCUT2D eigenvalue weighted by Crippen LogP contribution is -2.26. The minimum absolute atomic E-state index is 0.364. The highest BCUT2D eigenvalue weighted by Gasteiger charge is 2.72. The van der Waals surface area contributed by atoms with Crippen molar-refractivity contribution in [3.05, 3.63) is 222 Å². The molecule has 75 heavy (non-hydrogen) atoms. The van der Waals surface area contributed by atoms with Gasteiger partial charge in [0.1, 0.15) is 11.2 Å². The zero-order valence-electron chi connectivity index (χ0n) is 41.2. The van der Waals surface area contributed by atoms with Crippen molar-refractivity contribution in [2.45, 2.75) is 44.9 Å². The van der Waals surface area contributed by atoms with Gasteiger partial charge in [-0.1, -0.05) is 151 Å². The number of benzene rings is 10. The predicted molar refractivity (Wildman–Crippen MR) is 313 cm³/mol. The average molecular weight is 981 g/mol. The number of hydrogen-bond acceptors (Lipinski definition) is 5. The van der Waals surface area contributed by atoms with Crippen molar-refractivity contribution < 1.29 is 8.83 Å². The number of para-hydroxylation sites is 4. The first-order valence-electron chi connectivity index (χ1n) is 26.9. The number of thiophene rings is 1. The van der Waals surface area contributed by atoms with Crippen LogP contribution in [0.15, 0.2) is 208 Å². The van der Waals surface area contributed by atoms with Gasteiger partial charge in [0.15, 0.2) is 11.2 Å². The van der Waals surface area contributed by atoms with Crippen LogP contribution >= 0.6 is 11.3 Å². The Morgan fingerprint density at radius 2 is 1.13 bits per heavy atom. The molecule has 2 spiro atoms. The van der Waals surface area contributed by atoms with Crippen molar-refractivity contribution in [2.75, 3.05) is 9.80 Å². The first kappa shape index (κ1) is 41.0. The molecule has 3 atom stereocenters. The van der Waals surface area contributed by atoms with E-state index >= 15 is 0 Å². The molecule has 3 fully saturated rings. The zero-order valence-corrected chi connectivity index (χ0v) is 42.0. The van der Waals surface area contributed by atoms with Gasteiger partial charge in [0, 0.05) is 64.1 Å². The lowest BCUT2D eigenvalue weighted by atomic mass is 9.69. The first-order valence-corrected chi connectivity index (χ1v) is 27.7. The average Bonchev–Trinajstić information content (AvgIpc) is 4.10. The fraction of sp³-hybridized carbons (Fsp3) is 0.143. The number of allylic oxidation sites excluding steroid dienone is 2. The van der Waals surface area contributed by atoms with Crippen LogP contribution in [0.1, 0.15) is 54.4 Å². The summed E-state index contributed by atoms with van der Waals surface area (Å²) in [5.74, 6) is 0.772. The van der Waals surface area contributed by atoms with Gasteiger partial charge in [0.2, 0.25) is 0 Å². The van der Waals surface area contributed by atoms with E-state index in [1.54, 1.807) is 5.57 Å². The largest absolute Gasteiger partial charge is 0.454 e. The van der Waals surface area contributed by atoms with Crippen LogP contribution in [-0.4, -0.2) is 0 Å². The molecular weight excluding hydrogens is 933 g/mol. The summed E-state index contributed by atoms with van der Waals surface area (Å²) in [6.45, 7) is 0. The van der Waals surface area contributed by atoms with Crippen molar-refractivity contribution in [3.8, 4) is 0 Å². The smallest absolute Gasteiger partial charge is 0.159 e. The van der Waals surface area contributed by atoms with E-state index in [0.29, 0.717) is 10.8 Å². The Bertz CT molecular complexity index is 4750. The van der Waals surface area contributed by atoms with E-state index in [0.717, 1.165) is 91.8 Å². The Kier molecular flexibility index (Phi) is 8.03. The van der Waals surface area contributed by atoms with Crippen LogP contribution in [0.2, 0.25) is 0 Å². The minimum Gasteiger partial charge on any atom is -0.454 e. The molecule has 0 radical (unpaired) electrons. The summed E-state index contributed by atoms with van der Waals surface area (Å²) in [6.07, 6.45) is 13.6. The van der Waals surface area contributed by atoms with Crippen molar-refractivity contribution in [1.82, 2.24) is 0 Å². The maximum atomic E-state index is 6.90. The van der Waals surface area contributed by atoms with Gasteiger partial charge < -0.3 is 18.6 Å². The molecule has 0 aliphatic heterocycles. The lowest BCUT2D eigenvalue weighted by molar-refractivity contribution is 0.363. The van der Waals surface area contributed by atoms with E-state index < -0.39 is 0 Å². The fourth-order valence-corrected chi connectivity index (χ4v) is 16.8. The molecule has 0 saturated heterocycles. The van der Waals surface area contributed by atoms with Crippen molar-refractivity contribution in [2.24, 2.45) is 16.7 Å². The van der Waals surface area contributed by atoms with Crippen molar-refractivity contribution in [1.29, 1.82) is 0 Å². The molecule has 18 rings (SSSR count). The van der Waals surface area contributed by atoms with Crippen LogP contribution < -0.4 is 9.80 Å². The Morgan fingerprint density at radius 1 is 0.493 bits per heavy atom. The third kappa shape index (κ3) is 5.56. The van der Waals surface area contributed by atoms with E-state index in [-0.39, 0.29) is 0 Å². The highest BCUT2D eigenvalue weighted by molar-refractivity contribution is 7.26. The second kappa shape index (κ2) is 14.7. The summed E-state index contributed by atoms with van der Waals surface area (Å²) in [6, 6.07) is 69.3. The number of nitrogens with zero attached hydrogens (tertiary/aromatic N) is 2. The number of anilines is 5. The molecule has 5 heteroatoms. The molecule has 3 saturated carbocycles. The quantitative estimate of drug-likeness (QED) is 0.166. The maximum absolute atomic E-state index is 6.90. The maximum Gasteiger partial charge on any atom is 0.159 e. The van der Waals surface area contributed by atoms with E-state index in [1.807, 2.05) is 11.3 Å². The topological polar surface area (TPSA) is 32.8 Å². The molecule has 5 aliphatic carbocycles. The molecule has 0 N–H and O–H groups in total. The molecule has 2 bridgehead atoms. The van der Waals surface area contributed by atoms with Crippen LogP contribution in [0.4, 0.5) is 28.4 Å². The van der Waals surface area contributed by atoms with E-state index in [2.05, 4.69) is 210 Å². The van der Waals surface area contributed by atoms with Crippen molar-refractivity contribution >= 4 is 138 Å². The van der Waals surface area contributed by atoms with Crippen LogP contribution in [0.3, 0.4) is 0 Å². The van der Waals surface area contributed by atoms with Crippen LogP contribution in [0, 0.1) is 16.7 Å². The summed E-state index contributed by atoms with van der Waals surface area (Å²) >= 11 is 1.96. The molecule has 5 aliphatic rings. The number of furan rings is 2. The zero-order chi connectivity index (χ0) is 48.7. The Balaban J connectivity index is 0.845. The number of rotatable bonds is 6. The molecular formula is C70H48N2O2S. The summed E-state index contributed by atoms with van der Waals surface area (Å²) in [7, 11) is 0. The molecule has 3 aromatic heterocycles. The number of aryl methyl sites for hydroxylation is 1. The fourth-order valence-electron chi connectivity index (χ4n) is 15.4. The van der Waals surface area contributed by atoms with Gasteiger partial charge in [0.05, 0.1) is 22.7 Å². The molecule has 4 nitrogen and oxygen atoms in total. The van der Waals surface area contributed by atoms with Crippen LogP contribution in [0.5, 0.6) is 0 Å². The highest BCUT2D eigenvalue weighted by Crippen LogP contribution is 2.81. The van der Waals surface area contributed by atoms with E-state index in [4.69, 9.17) is 8.83 Å². The van der Waals surface area contributed by atoms with Crippen molar-refractivity contribution in [3.63, 3.8) is 0 Å². The second-order valence-corrected chi connectivity index (χ2v) is 23.5. The second-order valence-electron chi connectivity index (χ2n) is 22.4. The number of fused-ring (bicyclic) bond motifs is 17. The number of hydrogen-bond donors (Lipinski definition) is 0.